The van der Waals surface area contributed by atoms with Crippen molar-refractivity contribution in [2.75, 3.05) is 26.4 Å². The summed E-state index contributed by atoms with van der Waals surface area (Å²) in [7, 11) is 0. The second-order valence-corrected chi connectivity index (χ2v) is 4.95. The first-order chi connectivity index (χ1) is 9.29. The Kier molecular flexibility index (Phi) is 5.05. The van der Waals surface area contributed by atoms with Gasteiger partial charge in [0, 0.05) is 12.1 Å². The van der Waals surface area contributed by atoms with E-state index < -0.39 is 0 Å². The van der Waals surface area contributed by atoms with Crippen molar-refractivity contribution in [3.05, 3.63) is 24.3 Å². The van der Waals surface area contributed by atoms with Gasteiger partial charge in [-0.2, -0.15) is 0 Å². The molecule has 1 aromatic rings. The van der Waals surface area contributed by atoms with Gasteiger partial charge in [-0.15, -0.1) is 0 Å². The van der Waals surface area contributed by atoms with E-state index in [1.54, 1.807) is 0 Å². The van der Waals surface area contributed by atoms with Gasteiger partial charge in [0.15, 0.2) is 11.5 Å². The molecule has 19 heavy (non-hydrogen) atoms. The number of nitrogens with one attached hydrogen (secondary N) is 1. The maximum Gasteiger partial charge on any atom is 0.161 e. The van der Waals surface area contributed by atoms with Crippen molar-refractivity contribution in [3.63, 3.8) is 0 Å². The molecule has 1 aliphatic carbocycles. The Morgan fingerprint density at radius 1 is 1.21 bits per heavy atom. The maximum absolute atomic E-state index is 9.34. The van der Waals surface area contributed by atoms with E-state index in [0.717, 1.165) is 30.9 Å². The molecule has 0 bridgehead atoms. The molecule has 0 atom stereocenters. The van der Waals surface area contributed by atoms with Crippen molar-refractivity contribution in [1.29, 1.82) is 0 Å². The third-order valence-corrected chi connectivity index (χ3v) is 3.62. The molecule has 106 valence electrons. The minimum Gasteiger partial charge on any atom is -0.490 e. The second kappa shape index (κ2) is 6.78. The lowest BCUT2D eigenvalue weighted by Gasteiger charge is -2.41. The Morgan fingerprint density at radius 3 is 2.42 bits per heavy atom. The highest BCUT2D eigenvalue weighted by Crippen LogP contribution is 2.31. The SMILES string of the molecule is CCOc1ccccc1OCCNC1(CO)CCC1. The zero-order chi connectivity index (χ0) is 13.6. The molecule has 0 aliphatic heterocycles. The minimum atomic E-state index is -0.0528. The summed E-state index contributed by atoms with van der Waals surface area (Å²) in [6, 6.07) is 7.70. The lowest BCUT2D eigenvalue weighted by atomic mass is 9.77. The second-order valence-electron chi connectivity index (χ2n) is 4.95. The molecule has 0 saturated heterocycles. The standard InChI is InChI=1S/C15H23NO3/c1-2-18-13-6-3-4-7-14(13)19-11-10-16-15(12-17)8-5-9-15/h3-4,6-7,16-17H,2,5,8-12H2,1H3. The highest BCUT2D eigenvalue weighted by Gasteiger charge is 2.35. The Balaban J connectivity index is 1.76. The number of hydrogen-bond acceptors (Lipinski definition) is 4. The fourth-order valence-electron chi connectivity index (χ4n) is 2.32. The van der Waals surface area contributed by atoms with Gasteiger partial charge in [0.1, 0.15) is 6.61 Å². The average molecular weight is 265 g/mol. The van der Waals surface area contributed by atoms with Crippen molar-refractivity contribution in [3.8, 4) is 11.5 Å². The number of para-hydroxylation sites is 2. The van der Waals surface area contributed by atoms with Crippen molar-refractivity contribution in [2.45, 2.75) is 31.7 Å². The van der Waals surface area contributed by atoms with E-state index in [1.165, 1.54) is 6.42 Å². The number of aliphatic hydroxyl groups is 1. The van der Waals surface area contributed by atoms with Crippen LogP contribution >= 0.6 is 0 Å². The summed E-state index contributed by atoms with van der Waals surface area (Å²) in [5, 5.41) is 12.7. The lowest BCUT2D eigenvalue weighted by Crippen LogP contribution is -2.54. The van der Waals surface area contributed by atoms with Crippen LogP contribution in [-0.4, -0.2) is 37.0 Å². The van der Waals surface area contributed by atoms with Crippen LogP contribution < -0.4 is 14.8 Å². The first-order valence-electron chi connectivity index (χ1n) is 7.00. The van der Waals surface area contributed by atoms with Crippen molar-refractivity contribution >= 4 is 0 Å². The summed E-state index contributed by atoms with van der Waals surface area (Å²) in [5.74, 6) is 1.56. The monoisotopic (exact) mass is 265 g/mol. The topological polar surface area (TPSA) is 50.7 Å². The fraction of sp³-hybridized carbons (Fsp3) is 0.600. The first-order valence-corrected chi connectivity index (χ1v) is 7.00. The number of benzene rings is 1. The molecule has 1 aromatic carbocycles. The summed E-state index contributed by atoms with van der Waals surface area (Å²) in [6.45, 7) is 4.11. The minimum absolute atomic E-state index is 0.0528. The summed E-state index contributed by atoms with van der Waals surface area (Å²) >= 11 is 0. The molecule has 0 aromatic heterocycles. The van der Waals surface area contributed by atoms with Crippen LogP contribution in [0.2, 0.25) is 0 Å². The van der Waals surface area contributed by atoms with Gasteiger partial charge < -0.3 is 19.9 Å². The fourth-order valence-corrected chi connectivity index (χ4v) is 2.32. The Morgan fingerprint density at radius 2 is 1.89 bits per heavy atom. The normalized spacial score (nSPS) is 16.7. The quantitative estimate of drug-likeness (QED) is 0.706. The van der Waals surface area contributed by atoms with Crippen LogP contribution in [0.25, 0.3) is 0 Å². The van der Waals surface area contributed by atoms with Gasteiger partial charge in [-0.1, -0.05) is 12.1 Å². The van der Waals surface area contributed by atoms with Gasteiger partial charge in [-0.25, -0.2) is 0 Å². The number of hydrogen-bond donors (Lipinski definition) is 2. The van der Waals surface area contributed by atoms with Crippen LogP contribution in [0.1, 0.15) is 26.2 Å². The summed E-state index contributed by atoms with van der Waals surface area (Å²) in [4.78, 5) is 0. The molecule has 2 N–H and O–H groups in total. The number of rotatable bonds is 8. The highest BCUT2D eigenvalue weighted by molar-refractivity contribution is 5.39. The maximum atomic E-state index is 9.34. The van der Waals surface area contributed by atoms with Crippen LogP contribution in [-0.2, 0) is 0 Å². The van der Waals surface area contributed by atoms with E-state index in [-0.39, 0.29) is 12.1 Å². The summed E-state index contributed by atoms with van der Waals surface area (Å²) < 4.78 is 11.2. The van der Waals surface area contributed by atoms with E-state index in [0.29, 0.717) is 13.2 Å². The molecule has 0 spiro atoms. The molecule has 1 fully saturated rings. The Labute approximate surface area is 114 Å². The summed E-state index contributed by atoms with van der Waals surface area (Å²) in [6.07, 6.45) is 3.31. The zero-order valence-electron chi connectivity index (χ0n) is 11.5. The highest BCUT2D eigenvalue weighted by atomic mass is 16.5. The third kappa shape index (κ3) is 3.61. The molecule has 2 rings (SSSR count). The average Bonchev–Trinajstić information content (AvgIpc) is 2.39. The Bertz CT molecular complexity index is 385. The van der Waals surface area contributed by atoms with Gasteiger partial charge >= 0.3 is 0 Å². The number of aliphatic hydroxyl groups excluding tert-OH is 1. The third-order valence-electron chi connectivity index (χ3n) is 3.62. The molecule has 4 nitrogen and oxygen atoms in total. The van der Waals surface area contributed by atoms with E-state index in [9.17, 15) is 5.11 Å². The first kappa shape index (κ1) is 14.2. The molecule has 0 heterocycles. The molecule has 0 unspecified atom stereocenters. The largest absolute Gasteiger partial charge is 0.490 e. The van der Waals surface area contributed by atoms with E-state index in [2.05, 4.69) is 5.32 Å². The van der Waals surface area contributed by atoms with Crippen LogP contribution in [0.3, 0.4) is 0 Å². The molecule has 1 aliphatic rings. The molecular formula is C15H23NO3. The van der Waals surface area contributed by atoms with Gasteiger partial charge in [-0.05, 0) is 38.3 Å². The van der Waals surface area contributed by atoms with Crippen molar-refractivity contribution < 1.29 is 14.6 Å². The molecule has 0 radical (unpaired) electrons. The van der Waals surface area contributed by atoms with E-state index in [1.807, 2.05) is 31.2 Å². The van der Waals surface area contributed by atoms with E-state index in [4.69, 9.17) is 9.47 Å². The molecule has 1 saturated carbocycles. The summed E-state index contributed by atoms with van der Waals surface area (Å²) in [5.41, 5.74) is -0.0528. The van der Waals surface area contributed by atoms with Crippen molar-refractivity contribution in [2.24, 2.45) is 0 Å². The van der Waals surface area contributed by atoms with E-state index >= 15 is 0 Å². The van der Waals surface area contributed by atoms with Gasteiger partial charge in [0.2, 0.25) is 0 Å². The van der Waals surface area contributed by atoms with Gasteiger partial charge in [0.05, 0.1) is 13.2 Å². The van der Waals surface area contributed by atoms with Crippen LogP contribution in [0.4, 0.5) is 0 Å². The zero-order valence-corrected chi connectivity index (χ0v) is 11.5. The smallest absolute Gasteiger partial charge is 0.161 e. The van der Waals surface area contributed by atoms with Crippen LogP contribution in [0.15, 0.2) is 24.3 Å². The van der Waals surface area contributed by atoms with Crippen LogP contribution in [0, 0.1) is 0 Å². The lowest BCUT2D eigenvalue weighted by molar-refractivity contribution is 0.0845. The van der Waals surface area contributed by atoms with Gasteiger partial charge in [-0.3, -0.25) is 0 Å². The number of ether oxygens (including phenoxy) is 2. The molecule has 4 heteroatoms. The molecule has 0 amide bonds. The predicted molar refractivity (Wildman–Crippen MR) is 74.8 cm³/mol. The van der Waals surface area contributed by atoms with Crippen molar-refractivity contribution in [1.82, 2.24) is 5.32 Å². The van der Waals surface area contributed by atoms with Crippen LogP contribution in [0.5, 0.6) is 11.5 Å². The molecular weight excluding hydrogens is 242 g/mol. The Hall–Kier alpha value is -1.26. The van der Waals surface area contributed by atoms with Gasteiger partial charge in [0.25, 0.3) is 0 Å². The predicted octanol–water partition coefficient (Wildman–Crippen LogP) is 1.97.